The third kappa shape index (κ3) is 3.38. The number of amides is 1. The topological polar surface area (TPSA) is 101 Å². The molecule has 0 saturated carbocycles. The summed E-state index contributed by atoms with van der Waals surface area (Å²) >= 11 is 1.51. The van der Waals surface area contributed by atoms with Gasteiger partial charge in [-0.3, -0.25) is 14.2 Å². The molecular weight excluding hydrogens is 392 g/mol. The van der Waals surface area contributed by atoms with Gasteiger partial charge in [0.15, 0.2) is 0 Å². The second-order valence-corrected chi connectivity index (χ2v) is 9.06. The molecule has 1 fully saturated rings. The maximum absolute atomic E-state index is 12.9. The lowest BCUT2D eigenvalue weighted by Gasteiger charge is -2.38. The average molecular weight is 417 g/mol. The van der Waals surface area contributed by atoms with Crippen molar-refractivity contribution < 1.29 is 14.4 Å². The lowest BCUT2D eigenvalue weighted by molar-refractivity contribution is -0.0299. The van der Waals surface area contributed by atoms with Gasteiger partial charge < -0.3 is 14.5 Å². The van der Waals surface area contributed by atoms with E-state index in [1.165, 1.54) is 22.2 Å². The summed E-state index contributed by atoms with van der Waals surface area (Å²) in [4.78, 5) is 33.6. The van der Waals surface area contributed by atoms with Crippen LogP contribution in [0.25, 0.3) is 10.2 Å². The van der Waals surface area contributed by atoms with Gasteiger partial charge in [-0.15, -0.1) is 11.3 Å². The Labute approximate surface area is 171 Å². The van der Waals surface area contributed by atoms with E-state index < -0.39 is 5.60 Å². The van der Waals surface area contributed by atoms with Crippen LogP contribution in [0.15, 0.2) is 15.6 Å². The number of thiophene rings is 1. The SMILES string of the molecule is Cc1noc(C)c1C(=O)N1CCC(O)(Cn2cnc3sc(C)c(C)c3c2=O)CC1. The van der Waals surface area contributed by atoms with Crippen LogP contribution in [-0.2, 0) is 6.54 Å². The molecular formula is C20H24N4O4S. The summed E-state index contributed by atoms with van der Waals surface area (Å²) in [6.07, 6.45) is 2.28. The van der Waals surface area contributed by atoms with Gasteiger partial charge >= 0.3 is 0 Å². The molecule has 0 aliphatic carbocycles. The van der Waals surface area contributed by atoms with Crippen LogP contribution in [-0.4, -0.2) is 49.3 Å². The van der Waals surface area contributed by atoms with Crippen LogP contribution in [0, 0.1) is 27.7 Å². The second kappa shape index (κ2) is 7.07. The van der Waals surface area contributed by atoms with Crippen molar-refractivity contribution in [2.24, 2.45) is 0 Å². The van der Waals surface area contributed by atoms with Gasteiger partial charge in [0.1, 0.15) is 16.2 Å². The van der Waals surface area contributed by atoms with Crippen LogP contribution in [0.3, 0.4) is 0 Å². The molecule has 0 radical (unpaired) electrons. The van der Waals surface area contributed by atoms with Gasteiger partial charge in [0.25, 0.3) is 11.5 Å². The summed E-state index contributed by atoms with van der Waals surface area (Å²) < 4.78 is 6.59. The molecule has 3 aromatic heterocycles. The maximum Gasteiger partial charge on any atom is 0.262 e. The number of rotatable bonds is 3. The van der Waals surface area contributed by atoms with Crippen LogP contribution < -0.4 is 5.56 Å². The van der Waals surface area contributed by atoms with Crippen molar-refractivity contribution in [3.05, 3.63) is 44.1 Å². The number of carbonyl (C=O) groups is 1. The molecule has 8 nitrogen and oxygen atoms in total. The van der Waals surface area contributed by atoms with Crippen LogP contribution in [0.5, 0.6) is 0 Å². The highest BCUT2D eigenvalue weighted by molar-refractivity contribution is 7.18. The molecule has 29 heavy (non-hydrogen) atoms. The van der Waals surface area contributed by atoms with Crippen LogP contribution in [0.4, 0.5) is 0 Å². The van der Waals surface area contributed by atoms with Crippen molar-refractivity contribution >= 4 is 27.5 Å². The van der Waals surface area contributed by atoms with Crippen molar-refractivity contribution in [2.75, 3.05) is 13.1 Å². The maximum atomic E-state index is 12.9. The van der Waals surface area contributed by atoms with Gasteiger partial charge in [0.05, 0.1) is 29.6 Å². The lowest BCUT2D eigenvalue weighted by Crippen LogP contribution is -2.49. The van der Waals surface area contributed by atoms with Gasteiger partial charge in [0, 0.05) is 18.0 Å². The highest BCUT2D eigenvalue weighted by Gasteiger charge is 2.36. The predicted octanol–water partition coefficient (Wildman–Crippen LogP) is 2.35. The van der Waals surface area contributed by atoms with Crippen molar-refractivity contribution in [3.8, 4) is 0 Å². The molecule has 4 heterocycles. The molecule has 0 unspecified atom stereocenters. The van der Waals surface area contributed by atoms with Gasteiger partial charge in [-0.1, -0.05) is 5.16 Å². The van der Waals surface area contributed by atoms with E-state index in [1.54, 1.807) is 18.7 Å². The van der Waals surface area contributed by atoms with E-state index in [4.69, 9.17) is 4.52 Å². The van der Waals surface area contributed by atoms with Gasteiger partial charge in [-0.05, 0) is 46.1 Å². The molecule has 1 saturated heterocycles. The first-order valence-corrected chi connectivity index (χ1v) is 10.4. The van der Waals surface area contributed by atoms with Gasteiger partial charge in [-0.25, -0.2) is 4.98 Å². The van der Waals surface area contributed by atoms with Crippen LogP contribution >= 0.6 is 11.3 Å². The highest BCUT2D eigenvalue weighted by atomic mass is 32.1. The highest BCUT2D eigenvalue weighted by Crippen LogP contribution is 2.28. The lowest BCUT2D eigenvalue weighted by atomic mass is 9.90. The van der Waals surface area contributed by atoms with E-state index in [9.17, 15) is 14.7 Å². The number of nitrogens with zero attached hydrogens (tertiary/aromatic N) is 4. The van der Waals surface area contributed by atoms with E-state index in [1.807, 2.05) is 13.8 Å². The van der Waals surface area contributed by atoms with E-state index >= 15 is 0 Å². The second-order valence-electron chi connectivity index (χ2n) is 7.86. The average Bonchev–Trinajstić information content (AvgIpc) is 3.16. The first-order chi connectivity index (χ1) is 13.7. The minimum absolute atomic E-state index is 0.125. The number of aliphatic hydroxyl groups is 1. The summed E-state index contributed by atoms with van der Waals surface area (Å²) in [5, 5.41) is 15.6. The predicted molar refractivity (Wildman–Crippen MR) is 109 cm³/mol. The Bertz CT molecular complexity index is 1130. The van der Waals surface area contributed by atoms with E-state index in [0.717, 1.165) is 15.3 Å². The fraction of sp³-hybridized carbons (Fsp3) is 0.500. The smallest absolute Gasteiger partial charge is 0.262 e. The number of fused-ring (bicyclic) bond motifs is 1. The number of likely N-dealkylation sites (tertiary alicyclic amines) is 1. The Kier molecular flexibility index (Phi) is 4.82. The molecule has 4 rings (SSSR count). The monoisotopic (exact) mass is 416 g/mol. The summed E-state index contributed by atoms with van der Waals surface area (Å²) in [5.74, 6) is 0.369. The molecule has 1 amide bonds. The number of carbonyl (C=O) groups excluding carboxylic acids is 1. The van der Waals surface area contributed by atoms with E-state index in [2.05, 4.69) is 10.1 Å². The summed E-state index contributed by atoms with van der Waals surface area (Å²) in [7, 11) is 0. The quantitative estimate of drug-likeness (QED) is 0.703. The number of aryl methyl sites for hydroxylation is 4. The number of hydrogen-bond donors (Lipinski definition) is 1. The molecule has 9 heteroatoms. The zero-order valence-corrected chi connectivity index (χ0v) is 17.8. The van der Waals surface area contributed by atoms with E-state index in [-0.39, 0.29) is 18.0 Å². The fourth-order valence-corrected chi connectivity index (χ4v) is 4.92. The molecule has 1 aliphatic heterocycles. The molecule has 3 aromatic rings. The van der Waals surface area contributed by atoms with Crippen LogP contribution in [0.2, 0.25) is 0 Å². The normalized spacial score (nSPS) is 16.5. The Morgan fingerprint density at radius 3 is 2.59 bits per heavy atom. The largest absolute Gasteiger partial charge is 0.388 e. The Hall–Kier alpha value is -2.52. The summed E-state index contributed by atoms with van der Waals surface area (Å²) in [6.45, 7) is 8.34. The number of aromatic nitrogens is 3. The Morgan fingerprint density at radius 2 is 1.97 bits per heavy atom. The van der Waals surface area contributed by atoms with Crippen molar-refractivity contribution in [1.82, 2.24) is 19.6 Å². The summed E-state index contributed by atoms with van der Waals surface area (Å²) in [5.41, 5.74) is 0.821. The Morgan fingerprint density at radius 1 is 1.28 bits per heavy atom. The third-order valence-electron chi connectivity index (χ3n) is 5.85. The zero-order valence-electron chi connectivity index (χ0n) is 17.0. The first kappa shape index (κ1) is 19.8. The minimum Gasteiger partial charge on any atom is -0.388 e. The van der Waals surface area contributed by atoms with Crippen molar-refractivity contribution in [2.45, 2.75) is 52.7 Å². The molecule has 0 aromatic carbocycles. The first-order valence-electron chi connectivity index (χ1n) is 9.60. The number of piperidine rings is 1. The van der Waals surface area contributed by atoms with Crippen molar-refractivity contribution in [3.63, 3.8) is 0 Å². The van der Waals surface area contributed by atoms with Gasteiger partial charge in [-0.2, -0.15) is 0 Å². The molecule has 0 atom stereocenters. The molecule has 1 N–H and O–H groups in total. The molecule has 0 bridgehead atoms. The van der Waals surface area contributed by atoms with E-state index in [0.29, 0.717) is 48.3 Å². The van der Waals surface area contributed by atoms with Crippen molar-refractivity contribution in [1.29, 1.82) is 0 Å². The standard InChI is InChI=1S/C20H24N4O4S/c1-11-14(4)29-17-15(11)18(25)24(10-21-17)9-20(27)5-7-23(8-6-20)19(26)16-12(2)22-28-13(16)3/h10,27H,5-9H2,1-4H3. The minimum atomic E-state index is -1.06. The molecule has 1 aliphatic rings. The number of hydrogen-bond acceptors (Lipinski definition) is 7. The zero-order chi connectivity index (χ0) is 20.9. The fourth-order valence-electron chi connectivity index (χ4n) is 3.93. The third-order valence-corrected chi connectivity index (χ3v) is 6.96. The molecule has 154 valence electrons. The van der Waals surface area contributed by atoms with Crippen LogP contribution in [0.1, 0.15) is 45.1 Å². The Balaban J connectivity index is 1.51. The summed E-state index contributed by atoms with van der Waals surface area (Å²) in [6, 6.07) is 0. The molecule has 0 spiro atoms. The van der Waals surface area contributed by atoms with Gasteiger partial charge in [0.2, 0.25) is 0 Å².